The summed E-state index contributed by atoms with van der Waals surface area (Å²) in [5.74, 6) is -2.27. The van der Waals surface area contributed by atoms with Gasteiger partial charge in [-0.1, -0.05) is 0 Å². The van der Waals surface area contributed by atoms with Crippen LogP contribution < -0.4 is 10.4 Å². The van der Waals surface area contributed by atoms with Gasteiger partial charge in [0.2, 0.25) is 5.43 Å². The normalized spacial score (nSPS) is 16.8. The molecule has 0 aromatic carbocycles. The lowest BCUT2D eigenvalue weighted by Gasteiger charge is -2.40. The van der Waals surface area contributed by atoms with E-state index in [4.69, 9.17) is 4.74 Å². The molecule has 1 aromatic heterocycles. The molecule has 0 radical (unpaired) electrons. The fourth-order valence-corrected chi connectivity index (χ4v) is 3.13. The van der Waals surface area contributed by atoms with Gasteiger partial charge in [-0.25, -0.2) is 4.79 Å². The van der Waals surface area contributed by atoms with Crippen LogP contribution in [0.15, 0.2) is 11.0 Å². The van der Waals surface area contributed by atoms with E-state index in [2.05, 4.69) is 0 Å². The van der Waals surface area contributed by atoms with Crippen molar-refractivity contribution in [3.8, 4) is 5.75 Å². The van der Waals surface area contributed by atoms with E-state index in [-0.39, 0.29) is 18.5 Å². The van der Waals surface area contributed by atoms with Crippen LogP contribution in [-0.2, 0) is 4.74 Å². The summed E-state index contributed by atoms with van der Waals surface area (Å²) in [7, 11) is 0. The molecule has 1 aliphatic carbocycles. The van der Waals surface area contributed by atoms with Crippen LogP contribution in [0.5, 0.6) is 5.75 Å². The van der Waals surface area contributed by atoms with Crippen molar-refractivity contribution in [1.29, 1.82) is 0 Å². The summed E-state index contributed by atoms with van der Waals surface area (Å²) in [6.07, 6.45) is 4.00. The fraction of sp³-hybridized carbons (Fsp3) is 0.611. The van der Waals surface area contributed by atoms with Crippen molar-refractivity contribution in [2.24, 2.45) is 5.92 Å². The monoisotopic (exact) mass is 379 g/mol. The molecule has 3 rings (SSSR count). The van der Waals surface area contributed by atoms with E-state index >= 15 is 0 Å². The number of carboxylic acid groups (broad SMARTS) is 1. The highest BCUT2D eigenvalue weighted by atomic mass is 16.5. The van der Waals surface area contributed by atoms with Gasteiger partial charge in [-0.05, 0) is 39.0 Å². The number of pyridine rings is 1. The SMILES string of the molecule is CC(C)OCCCN1CN(CC2CC2)n2cc(C(=O)O)c(=O)c(O)c2C1=O. The molecule has 0 spiro atoms. The van der Waals surface area contributed by atoms with Crippen molar-refractivity contribution < 1.29 is 24.5 Å². The molecule has 2 heterocycles. The number of aromatic carboxylic acids is 1. The van der Waals surface area contributed by atoms with E-state index in [1.807, 2.05) is 18.9 Å². The number of carbonyl (C=O) groups is 2. The number of rotatable bonds is 8. The minimum absolute atomic E-state index is 0.103. The number of aromatic hydroxyl groups is 1. The molecule has 9 nitrogen and oxygen atoms in total. The number of carboxylic acids is 1. The Bertz CT molecular complexity index is 799. The number of aromatic nitrogens is 1. The second-order valence-electron chi connectivity index (χ2n) is 7.33. The van der Waals surface area contributed by atoms with Gasteiger partial charge in [0.05, 0.1) is 6.10 Å². The molecule has 27 heavy (non-hydrogen) atoms. The summed E-state index contributed by atoms with van der Waals surface area (Å²) < 4.78 is 6.84. The maximum Gasteiger partial charge on any atom is 0.341 e. The first-order valence-electron chi connectivity index (χ1n) is 9.17. The van der Waals surface area contributed by atoms with Crippen LogP contribution in [0.1, 0.15) is 54.0 Å². The molecule has 0 bridgehead atoms. The molecule has 9 heteroatoms. The molecule has 1 aromatic rings. The summed E-state index contributed by atoms with van der Waals surface area (Å²) in [5.41, 5.74) is -1.77. The highest BCUT2D eigenvalue weighted by molar-refractivity contribution is 5.97. The van der Waals surface area contributed by atoms with Crippen molar-refractivity contribution in [2.75, 3.05) is 31.4 Å². The first-order valence-corrected chi connectivity index (χ1v) is 9.17. The van der Waals surface area contributed by atoms with Crippen molar-refractivity contribution in [2.45, 2.75) is 39.2 Å². The Morgan fingerprint density at radius 2 is 2.04 bits per heavy atom. The summed E-state index contributed by atoms with van der Waals surface area (Å²) in [5, 5.41) is 21.3. The van der Waals surface area contributed by atoms with Gasteiger partial charge in [0.15, 0.2) is 11.4 Å². The highest BCUT2D eigenvalue weighted by Crippen LogP contribution is 2.31. The lowest BCUT2D eigenvalue weighted by atomic mass is 10.2. The van der Waals surface area contributed by atoms with Crippen molar-refractivity contribution >= 4 is 11.9 Å². The molecule has 0 unspecified atom stereocenters. The highest BCUT2D eigenvalue weighted by Gasteiger charge is 2.36. The second kappa shape index (κ2) is 7.59. The number of hydrogen-bond acceptors (Lipinski definition) is 6. The molecule has 1 aliphatic heterocycles. The first-order chi connectivity index (χ1) is 12.8. The zero-order chi connectivity index (χ0) is 19.7. The Labute approximate surface area is 156 Å². The zero-order valence-electron chi connectivity index (χ0n) is 15.6. The third kappa shape index (κ3) is 4.08. The van der Waals surface area contributed by atoms with Crippen LogP contribution >= 0.6 is 0 Å². The van der Waals surface area contributed by atoms with Gasteiger partial charge >= 0.3 is 5.97 Å². The average Bonchev–Trinajstić information content (AvgIpc) is 3.41. The van der Waals surface area contributed by atoms with Crippen LogP contribution in [-0.4, -0.2) is 64.1 Å². The molecule has 0 atom stereocenters. The van der Waals surface area contributed by atoms with E-state index < -0.39 is 28.6 Å². The van der Waals surface area contributed by atoms with Crippen LogP contribution in [0.4, 0.5) is 0 Å². The van der Waals surface area contributed by atoms with Crippen LogP contribution in [0.25, 0.3) is 0 Å². The van der Waals surface area contributed by atoms with E-state index in [0.717, 1.165) is 19.0 Å². The quantitative estimate of drug-likeness (QED) is 0.643. The van der Waals surface area contributed by atoms with Crippen LogP contribution in [0.3, 0.4) is 0 Å². The smallest absolute Gasteiger partial charge is 0.341 e. The lowest BCUT2D eigenvalue weighted by Crippen LogP contribution is -2.55. The van der Waals surface area contributed by atoms with Gasteiger partial charge in [0.25, 0.3) is 5.91 Å². The van der Waals surface area contributed by atoms with Gasteiger partial charge in [0.1, 0.15) is 12.2 Å². The molecule has 0 saturated heterocycles. The lowest BCUT2D eigenvalue weighted by molar-refractivity contribution is 0.0564. The fourth-order valence-electron chi connectivity index (χ4n) is 3.13. The van der Waals surface area contributed by atoms with E-state index in [9.17, 15) is 24.6 Å². The molecule has 1 amide bonds. The molecule has 1 saturated carbocycles. The molecule has 148 valence electrons. The summed E-state index contributed by atoms with van der Waals surface area (Å²) in [4.78, 5) is 37.9. The van der Waals surface area contributed by atoms with Crippen LogP contribution in [0, 0.1) is 5.92 Å². The predicted octanol–water partition coefficient (Wildman–Crippen LogP) is 0.828. The summed E-state index contributed by atoms with van der Waals surface area (Å²) in [6.45, 7) is 5.68. The second-order valence-corrected chi connectivity index (χ2v) is 7.33. The number of amides is 1. The van der Waals surface area contributed by atoms with E-state index in [1.165, 1.54) is 4.68 Å². The van der Waals surface area contributed by atoms with Gasteiger partial charge in [-0.2, -0.15) is 0 Å². The van der Waals surface area contributed by atoms with Crippen molar-refractivity contribution in [3.63, 3.8) is 0 Å². The van der Waals surface area contributed by atoms with Crippen molar-refractivity contribution in [3.05, 3.63) is 27.7 Å². The standard InChI is InChI=1S/C18H25N3O6/c1-11(2)27-7-3-6-19-10-20(8-12-4-5-12)21-9-13(18(25)26)15(22)16(23)14(21)17(19)24/h9,11-12,23H,3-8,10H2,1-2H3,(H,25,26). The maximum atomic E-state index is 12.8. The zero-order valence-corrected chi connectivity index (χ0v) is 15.6. The van der Waals surface area contributed by atoms with Crippen LogP contribution in [0.2, 0.25) is 0 Å². The van der Waals surface area contributed by atoms with E-state index in [1.54, 1.807) is 4.90 Å². The van der Waals surface area contributed by atoms with Crippen molar-refractivity contribution in [1.82, 2.24) is 9.58 Å². The molecule has 2 aliphatic rings. The number of ether oxygens (including phenoxy) is 1. The molecular weight excluding hydrogens is 354 g/mol. The first kappa shape index (κ1) is 19.2. The number of carbonyl (C=O) groups excluding carboxylic acids is 1. The largest absolute Gasteiger partial charge is 0.502 e. The number of nitrogens with zero attached hydrogens (tertiary/aromatic N) is 3. The third-order valence-corrected chi connectivity index (χ3v) is 4.71. The number of hydrogen-bond donors (Lipinski definition) is 2. The Morgan fingerprint density at radius 1 is 1.33 bits per heavy atom. The predicted molar refractivity (Wildman–Crippen MR) is 96.7 cm³/mol. The topological polar surface area (TPSA) is 112 Å². The minimum Gasteiger partial charge on any atom is -0.502 e. The Morgan fingerprint density at radius 3 is 2.63 bits per heavy atom. The van der Waals surface area contributed by atoms with E-state index in [0.29, 0.717) is 32.0 Å². The molecule has 2 N–H and O–H groups in total. The number of fused-ring (bicyclic) bond motifs is 1. The molecule has 1 fully saturated rings. The summed E-state index contributed by atoms with van der Waals surface area (Å²) in [6, 6.07) is 0. The Hall–Kier alpha value is -2.55. The van der Waals surface area contributed by atoms with Gasteiger partial charge in [-0.3, -0.25) is 19.3 Å². The maximum absolute atomic E-state index is 12.8. The van der Waals surface area contributed by atoms with Gasteiger partial charge in [0, 0.05) is 25.9 Å². The minimum atomic E-state index is -1.43. The van der Waals surface area contributed by atoms with Gasteiger partial charge < -0.3 is 19.8 Å². The average molecular weight is 379 g/mol. The summed E-state index contributed by atoms with van der Waals surface area (Å²) >= 11 is 0. The molecular formula is C18H25N3O6. The Balaban J connectivity index is 1.90. The third-order valence-electron chi connectivity index (χ3n) is 4.71. The van der Waals surface area contributed by atoms with Gasteiger partial charge in [-0.15, -0.1) is 0 Å². The Kier molecular flexibility index (Phi) is 5.41.